The number of carbonyl (C=O) groups is 1. The molecule has 1 aromatic heterocycles. The minimum atomic E-state index is -0.786. The summed E-state index contributed by atoms with van der Waals surface area (Å²) in [4.78, 5) is 28.8. The van der Waals surface area contributed by atoms with Crippen LogP contribution in [0.1, 0.15) is 63.0 Å². The quantitative estimate of drug-likeness (QED) is 0.189. The molecule has 0 amide bonds. The normalized spacial score (nSPS) is 11.7. The predicted molar refractivity (Wildman–Crippen MR) is 126 cm³/mol. The molecule has 3 aromatic rings. The van der Waals surface area contributed by atoms with Gasteiger partial charge in [0, 0.05) is 17.8 Å². The number of pyridine rings is 1. The van der Waals surface area contributed by atoms with Gasteiger partial charge in [0.05, 0.1) is 4.92 Å². The van der Waals surface area contributed by atoms with Gasteiger partial charge in [-0.3, -0.25) is 10.1 Å². The topological polar surface area (TPSA) is 91.6 Å². The summed E-state index contributed by atoms with van der Waals surface area (Å²) in [5.41, 5.74) is 0.330. The second kappa shape index (κ2) is 9.02. The Labute approximate surface area is 193 Å². The van der Waals surface area contributed by atoms with Gasteiger partial charge in [-0.2, -0.15) is 0 Å². The molecule has 3 rings (SSSR count). The molecule has 0 unspecified atom stereocenters. The van der Waals surface area contributed by atoms with Crippen LogP contribution in [-0.4, -0.2) is 15.9 Å². The Bertz CT molecular complexity index is 1180. The van der Waals surface area contributed by atoms with Crippen LogP contribution in [0.2, 0.25) is 0 Å². The van der Waals surface area contributed by atoms with Crippen molar-refractivity contribution in [3.63, 3.8) is 0 Å². The number of aromatic nitrogens is 1. The standard InChI is InChI=1S/C26H28N2O5/c1-25(2,3)17-15-20(26(4,5)6)22(21(16-17)28(30)31)33-24(29)19-13-10-14-27-23(19)32-18-11-8-7-9-12-18/h7-16H,1-6H3. The highest BCUT2D eigenvalue weighted by Crippen LogP contribution is 2.42. The molecule has 0 atom stereocenters. The highest BCUT2D eigenvalue weighted by Gasteiger charge is 2.32. The molecule has 2 aromatic carbocycles. The molecule has 172 valence electrons. The summed E-state index contributed by atoms with van der Waals surface area (Å²) in [6.07, 6.45) is 1.50. The number of hydrogen-bond acceptors (Lipinski definition) is 6. The average molecular weight is 449 g/mol. The number of para-hydroxylation sites is 1. The smallest absolute Gasteiger partial charge is 0.349 e. The molecule has 0 radical (unpaired) electrons. The molecule has 0 saturated carbocycles. The van der Waals surface area contributed by atoms with Gasteiger partial charge in [0.2, 0.25) is 11.6 Å². The third kappa shape index (κ3) is 5.55. The Balaban J connectivity index is 2.08. The van der Waals surface area contributed by atoms with Gasteiger partial charge >= 0.3 is 11.7 Å². The third-order valence-electron chi connectivity index (χ3n) is 5.08. The predicted octanol–water partition coefficient (Wildman–Crippen LogP) is 6.60. The van der Waals surface area contributed by atoms with Crippen molar-refractivity contribution in [2.24, 2.45) is 0 Å². The molecule has 7 heteroatoms. The van der Waals surface area contributed by atoms with Crippen LogP contribution in [0.3, 0.4) is 0 Å². The van der Waals surface area contributed by atoms with Gasteiger partial charge in [-0.25, -0.2) is 9.78 Å². The van der Waals surface area contributed by atoms with Crippen molar-refractivity contribution in [1.29, 1.82) is 0 Å². The van der Waals surface area contributed by atoms with E-state index in [1.54, 1.807) is 30.3 Å². The van der Waals surface area contributed by atoms with E-state index in [-0.39, 0.29) is 28.3 Å². The van der Waals surface area contributed by atoms with Crippen LogP contribution in [0.4, 0.5) is 5.69 Å². The second-order valence-corrected chi connectivity index (χ2v) is 9.79. The second-order valence-electron chi connectivity index (χ2n) is 9.79. The minimum Gasteiger partial charge on any atom is -0.438 e. The van der Waals surface area contributed by atoms with Crippen LogP contribution in [-0.2, 0) is 10.8 Å². The van der Waals surface area contributed by atoms with Crippen LogP contribution in [0.5, 0.6) is 17.4 Å². The zero-order valence-electron chi connectivity index (χ0n) is 19.7. The van der Waals surface area contributed by atoms with E-state index >= 15 is 0 Å². The van der Waals surface area contributed by atoms with E-state index in [2.05, 4.69) is 4.98 Å². The molecule has 0 bridgehead atoms. The molecular weight excluding hydrogens is 420 g/mol. The maximum Gasteiger partial charge on any atom is 0.349 e. The van der Waals surface area contributed by atoms with Crippen LogP contribution in [0, 0.1) is 10.1 Å². The Morgan fingerprint density at radius 1 is 0.939 bits per heavy atom. The number of hydrogen-bond donors (Lipinski definition) is 0. The SMILES string of the molecule is CC(C)(C)c1cc([N+](=O)[O-])c(OC(=O)c2cccnc2Oc2ccccc2)c(C(C)(C)C)c1. The number of rotatable bonds is 5. The van der Waals surface area contributed by atoms with Gasteiger partial charge in [0.15, 0.2) is 0 Å². The summed E-state index contributed by atoms with van der Waals surface area (Å²) in [5, 5.41) is 12.0. The summed E-state index contributed by atoms with van der Waals surface area (Å²) in [6.45, 7) is 11.7. The van der Waals surface area contributed by atoms with E-state index in [0.29, 0.717) is 11.3 Å². The van der Waals surface area contributed by atoms with Crippen LogP contribution < -0.4 is 9.47 Å². The molecular formula is C26H28N2O5. The lowest BCUT2D eigenvalue weighted by Gasteiger charge is -2.26. The van der Waals surface area contributed by atoms with E-state index in [4.69, 9.17) is 9.47 Å². The van der Waals surface area contributed by atoms with Gasteiger partial charge in [0.25, 0.3) is 0 Å². The number of nitrogens with zero attached hydrogens (tertiary/aromatic N) is 2. The van der Waals surface area contributed by atoms with Gasteiger partial charge in [-0.1, -0.05) is 65.8 Å². The van der Waals surface area contributed by atoms with Crippen LogP contribution >= 0.6 is 0 Å². The Hall–Kier alpha value is -3.74. The maximum atomic E-state index is 13.2. The van der Waals surface area contributed by atoms with Gasteiger partial charge in [-0.15, -0.1) is 0 Å². The van der Waals surface area contributed by atoms with E-state index < -0.39 is 16.3 Å². The van der Waals surface area contributed by atoms with Gasteiger partial charge in [0.1, 0.15) is 11.3 Å². The third-order valence-corrected chi connectivity index (χ3v) is 5.08. The number of carbonyl (C=O) groups excluding carboxylic acids is 1. The van der Waals surface area contributed by atoms with Gasteiger partial charge < -0.3 is 9.47 Å². The van der Waals surface area contributed by atoms with Crippen molar-refractivity contribution >= 4 is 11.7 Å². The maximum absolute atomic E-state index is 13.2. The first kappa shape index (κ1) is 23.9. The Morgan fingerprint density at radius 3 is 2.18 bits per heavy atom. The fraction of sp³-hybridized carbons (Fsp3) is 0.308. The molecule has 0 spiro atoms. The van der Waals surface area contributed by atoms with E-state index in [0.717, 1.165) is 5.56 Å². The van der Waals surface area contributed by atoms with Gasteiger partial charge in [-0.05, 0) is 40.7 Å². The van der Waals surface area contributed by atoms with E-state index in [1.165, 1.54) is 18.3 Å². The molecule has 0 N–H and O–H groups in total. The summed E-state index contributed by atoms with van der Waals surface area (Å²) < 4.78 is 11.5. The Kier molecular flexibility index (Phi) is 6.53. The Morgan fingerprint density at radius 2 is 1.61 bits per heavy atom. The summed E-state index contributed by atoms with van der Waals surface area (Å²) in [7, 11) is 0. The summed E-state index contributed by atoms with van der Waals surface area (Å²) in [6, 6.07) is 15.3. The molecule has 0 aliphatic carbocycles. The highest BCUT2D eigenvalue weighted by molar-refractivity contribution is 5.94. The molecule has 1 heterocycles. The van der Waals surface area contributed by atoms with Crippen molar-refractivity contribution in [1.82, 2.24) is 4.98 Å². The number of esters is 1. The fourth-order valence-corrected chi connectivity index (χ4v) is 3.22. The number of ether oxygens (including phenoxy) is 2. The largest absolute Gasteiger partial charge is 0.438 e. The number of benzene rings is 2. The summed E-state index contributed by atoms with van der Waals surface area (Å²) >= 11 is 0. The fourth-order valence-electron chi connectivity index (χ4n) is 3.22. The molecule has 0 aliphatic rings. The first-order chi connectivity index (χ1) is 15.4. The zero-order chi connectivity index (χ0) is 24.4. The lowest BCUT2D eigenvalue weighted by molar-refractivity contribution is -0.385. The zero-order valence-corrected chi connectivity index (χ0v) is 19.7. The molecule has 0 saturated heterocycles. The first-order valence-corrected chi connectivity index (χ1v) is 10.6. The molecule has 33 heavy (non-hydrogen) atoms. The van der Waals surface area contributed by atoms with E-state index in [9.17, 15) is 14.9 Å². The minimum absolute atomic E-state index is 0.0555. The highest BCUT2D eigenvalue weighted by atomic mass is 16.6. The average Bonchev–Trinajstić information content (AvgIpc) is 2.73. The summed E-state index contributed by atoms with van der Waals surface area (Å²) in [5.74, 6) is -0.299. The first-order valence-electron chi connectivity index (χ1n) is 10.6. The number of nitro groups is 1. The van der Waals surface area contributed by atoms with E-state index in [1.807, 2.05) is 53.7 Å². The number of nitro benzene ring substituents is 1. The van der Waals surface area contributed by atoms with Crippen LogP contribution in [0.15, 0.2) is 60.8 Å². The lowest BCUT2D eigenvalue weighted by atomic mass is 9.79. The van der Waals surface area contributed by atoms with Crippen molar-refractivity contribution < 1.29 is 19.2 Å². The van der Waals surface area contributed by atoms with Crippen molar-refractivity contribution in [3.05, 3.63) is 87.6 Å². The lowest BCUT2D eigenvalue weighted by Crippen LogP contribution is -2.21. The van der Waals surface area contributed by atoms with Crippen molar-refractivity contribution in [3.8, 4) is 17.4 Å². The monoisotopic (exact) mass is 448 g/mol. The molecule has 7 nitrogen and oxygen atoms in total. The molecule has 0 fully saturated rings. The van der Waals surface area contributed by atoms with Crippen molar-refractivity contribution in [2.45, 2.75) is 52.4 Å². The molecule has 0 aliphatic heterocycles. The van der Waals surface area contributed by atoms with Crippen molar-refractivity contribution in [2.75, 3.05) is 0 Å². The van der Waals surface area contributed by atoms with Crippen LogP contribution in [0.25, 0.3) is 0 Å².